The molecule has 0 bridgehead atoms. The second-order valence-electron chi connectivity index (χ2n) is 6.36. The highest BCUT2D eigenvalue weighted by Gasteiger charge is 2.21. The lowest BCUT2D eigenvalue weighted by Crippen LogP contribution is -2.38. The van der Waals surface area contributed by atoms with Crippen LogP contribution >= 0.6 is 24.0 Å². The monoisotopic (exact) mass is 498 g/mol. The second-order valence-corrected chi connectivity index (χ2v) is 6.36. The van der Waals surface area contributed by atoms with Gasteiger partial charge in [0.2, 0.25) is 0 Å². The van der Waals surface area contributed by atoms with Crippen LogP contribution in [0.5, 0.6) is 5.75 Å². The fourth-order valence-electron chi connectivity index (χ4n) is 2.90. The molecule has 150 valence electrons. The van der Waals surface area contributed by atoms with Crippen molar-refractivity contribution >= 4 is 35.8 Å². The fourth-order valence-corrected chi connectivity index (χ4v) is 2.90. The molecule has 1 aliphatic rings. The molecule has 3 rings (SSSR count). The number of halogens is 2. The van der Waals surface area contributed by atoms with Gasteiger partial charge in [0.25, 0.3) is 5.91 Å². The number of aryl methyl sites for hydroxylation is 1. The molecule has 1 amide bonds. The Balaban J connectivity index is 0.00000280. The summed E-state index contributed by atoms with van der Waals surface area (Å²) in [6.07, 6.45) is 0.795. The van der Waals surface area contributed by atoms with Gasteiger partial charge in [-0.2, -0.15) is 0 Å². The van der Waals surface area contributed by atoms with E-state index in [0.717, 1.165) is 17.7 Å². The lowest BCUT2D eigenvalue weighted by molar-refractivity contribution is 0.0954. The van der Waals surface area contributed by atoms with Gasteiger partial charge in [-0.3, -0.25) is 9.79 Å². The van der Waals surface area contributed by atoms with Gasteiger partial charge in [-0.15, -0.1) is 24.0 Å². The summed E-state index contributed by atoms with van der Waals surface area (Å²) in [5, 5.41) is 5.90. The first-order valence-electron chi connectivity index (χ1n) is 8.87. The van der Waals surface area contributed by atoms with E-state index < -0.39 is 5.82 Å². The van der Waals surface area contributed by atoms with Gasteiger partial charge in [0.1, 0.15) is 11.6 Å². The summed E-state index contributed by atoms with van der Waals surface area (Å²) in [6, 6.07) is 12.3. The number of nitrogens with two attached hydrogens (primary N) is 1. The average molecular weight is 498 g/mol. The maximum atomic E-state index is 13.5. The molecule has 0 aromatic heterocycles. The number of amides is 1. The van der Waals surface area contributed by atoms with Crippen LogP contribution in [0.4, 0.5) is 4.39 Å². The molecule has 0 aliphatic carbocycles. The van der Waals surface area contributed by atoms with Crippen LogP contribution in [-0.4, -0.2) is 31.6 Å². The van der Waals surface area contributed by atoms with E-state index in [1.165, 1.54) is 6.07 Å². The van der Waals surface area contributed by atoms with Crippen molar-refractivity contribution in [3.63, 3.8) is 0 Å². The number of ether oxygens (including phenoxy) is 1. The van der Waals surface area contributed by atoms with Crippen LogP contribution in [-0.2, 0) is 0 Å². The van der Waals surface area contributed by atoms with E-state index in [1.54, 1.807) is 19.1 Å². The molecule has 8 heteroatoms. The molecule has 0 fully saturated rings. The molecule has 0 radical (unpaired) electrons. The van der Waals surface area contributed by atoms with Crippen LogP contribution in [0.25, 0.3) is 0 Å². The van der Waals surface area contributed by atoms with Gasteiger partial charge in [-0.1, -0.05) is 24.3 Å². The summed E-state index contributed by atoms with van der Waals surface area (Å²) < 4.78 is 19.1. The Kier molecular flexibility index (Phi) is 8.04. The van der Waals surface area contributed by atoms with Crippen molar-refractivity contribution in [1.29, 1.82) is 0 Å². The normalized spacial score (nSPS) is 15.6. The average Bonchev–Trinajstić information content (AvgIpc) is 2.67. The number of nitrogens with zero attached hydrogens (tertiary/aromatic N) is 1. The Morgan fingerprint density at radius 1 is 1.32 bits per heavy atom. The minimum atomic E-state index is -0.397. The SMILES string of the molecule is Cc1ccc(C(=O)NCCN=C(N)NC2CCOc3ccccc32)cc1F.I. The molecule has 4 N–H and O–H groups in total. The van der Waals surface area contributed by atoms with Crippen molar-refractivity contribution < 1.29 is 13.9 Å². The standard InChI is InChI=1S/C20H23FN4O2.HI/c1-13-6-7-14(12-16(13)21)19(26)23-9-10-24-20(22)25-17-8-11-27-18-5-3-2-4-15(17)18;/h2-7,12,17H,8-11H2,1H3,(H,23,26)(H3,22,24,25);1H. The third-order valence-corrected chi connectivity index (χ3v) is 4.39. The topological polar surface area (TPSA) is 88.7 Å². The molecule has 6 nitrogen and oxygen atoms in total. The molecule has 0 saturated heterocycles. The van der Waals surface area contributed by atoms with Crippen molar-refractivity contribution in [1.82, 2.24) is 10.6 Å². The number of carbonyl (C=O) groups excluding carboxylic acids is 1. The number of carbonyl (C=O) groups is 1. The van der Waals surface area contributed by atoms with Crippen LogP contribution in [0, 0.1) is 12.7 Å². The first kappa shape index (κ1) is 21.9. The van der Waals surface area contributed by atoms with E-state index in [9.17, 15) is 9.18 Å². The predicted molar refractivity (Wildman–Crippen MR) is 118 cm³/mol. The summed E-state index contributed by atoms with van der Waals surface area (Å²) in [6.45, 7) is 2.90. The molecular formula is C20H24FIN4O2. The van der Waals surface area contributed by atoms with Gasteiger partial charge >= 0.3 is 0 Å². The van der Waals surface area contributed by atoms with Crippen molar-refractivity contribution in [3.8, 4) is 5.75 Å². The molecule has 2 aromatic rings. The summed E-state index contributed by atoms with van der Waals surface area (Å²) in [5.74, 6) is 0.429. The molecule has 1 atom stereocenters. The van der Waals surface area contributed by atoms with Crippen molar-refractivity contribution in [2.45, 2.75) is 19.4 Å². The molecular weight excluding hydrogens is 474 g/mol. The highest BCUT2D eigenvalue weighted by atomic mass is 127. The fraction of sp³-hybridized carbons (Fsp3) is 0.300. The highest BCUT2D eigenvalue weighted by Crippen LogP contribution is 2.31. The van der Waals surface area contributed by atoms with E-state index >= 15 is 0 Å². The quantitative estimate of drug-likeness (QED) is 0.256. The van der Waals surface area contributed by atoms with Gasteiger partial charge < -0.3 is 21.1 Å². The first-order valence-corrected chi connectivity index (χ1v) is 8.87. The van der Waals surface area contributed by atoms with Gasteiger partial charge in [0.05, 0.1) is 19.2 Å². The van der Waals surface area contributed by atoms with E-state index in [4.69, 9.17) is 10.5 Å². The molecule has 0 saturated carbocycles. The van der Waals surface area contributed by atoms with Gasteiger partial charge in [0, 0.05) is 24.1 Å². The molecule has 28 heavy (non-hydrogen) atoms. The third kappa shape index (κ3) is 5.57. The minimum absolute atomic E-state index is 0. The molecule has 0 spiro atoms. The van der Waals surface area contributed by atoms with Crippen LogP contribution in [0.2, 0.25) is 0 Å². The Morgan fingerprint density at radius 3 is 2.89 bits per heavy atom. The van der Waals surface area contributed by atoms with Gasteiger partial charge in [-0.05, 0) is 30.7 Å². The summed E-state index contributed by atoms with van der Waals surface area (Å²) >= 11 is 0. The van der Waals surface area contributed by atoms with Gasteiger partial charge in [0.15, 0.2) is 5.96 Å². The van der Waals surface area contributed by atoms with Crippen LogP contribution in [0.15, 0.2) is 47.5 Å². The smallest absolute Gasteiger partial charge is 0.251 e. The Labute approximate surface area is 180 Å². The van der Waals surface area contributed by atoms with E-state index in [2.05, 4.69) is 15.6 Å². The molecule has 1 unspecified atom stereocenters. The zero-order valence-electron chi connectivity index (χ0n) is 15.6. The van der Waals surface area contributed by atoms with Crippen LogP contribution in [0.1, 0.15) is 33.9 Å². The zero-order valence-corrected chi connectivity index (χ0v) is 17.9. The largest absolute Gasteiger partial charge is 0.493 e. The maximum absolute atomic E-state index is 13.5. The Morgan fingerprint density at radius 2 is 2.11 bits per heavy atom. The Bertz CT molecular complexity index is 860. The predicted octanol–water partition coefficient (Wildman–Crippen LogP) is 2.91. The molecule has 1 aliphatic heterocycles. The number of hydrogen-bond acceptors (Lipinski definition) is 3. The van der Waals surface area contributed by atoms with Crippen LogP contribution in [0.3, 0.4) is 0 Å². The first-order chi connectivity index (χ1) is 13.0. The number of rotatable bonds is 5. The lowest BCUT2D eigenvalue weighted by Gasteiger charge is -2.26. The number of nitrogens with one attached hydrogen (secondary N) is 2. The number of guanidine groups is 1. The lowest BCUT2D eigenvalue weighted by atomic mass is 10.0. The van der Waals surface area contributed by atoms with E-state index in [0.29, 0.717) is 31.2 Å². The number of para-hydroxylation sites is 1. The number of hydrogen-bond donors (Lipinski definition) is 3. The van der Waals surface area contributed by atoms with E-state index in [-0.39, 0.29) is 41.5 Å². The van der Waals surface area contributed by atoms with Crippen LogP contribution < -0.4 is 21.1 Å². The van der Waals surface area contributed by atoms with Crippen molar-refractivity contribution in [3.05, 3.63) is 65.0 Å². The van der Waals surface area contributed by atoms with Crippen molar-refractivity contribution in [2.75, 3.05) is 19.7 Å². The van der Waals surface area contributed by atoms with Gasteiger partial charge in [-0.25, -0.2) is 4.39 Å². The zero-order chi connectivity index (χ0) is 19.2. The highest BCUT2D eigenvalue weighted by molar-refractivity contribution is 14.0. The summed E-state index contributed by atoms with van der Waals surface area (Å²) in [7, 11) is 0. The number of benzene rings is 2. The second kappa shape index (κ2) is 10.3. The number of fused-ring (bicyclic) bond motifs is 1. The summed E-state index contributed by atoms with van der Waals surface area (Å²) in [4.78, 5) is 16.3. The Hall–Kier alpha value is -2.36. The maximum Gasteiger partial charge on any atom is 0.251 e. The number of aliphatic imine (C=N–C) groups is 1. The molecule has 2 aromatic carbocycles. The van der Waals surface area contributed by atoms with E-state index in [1.807, 2.05) is 24.3 Å². The summed E-state index contributed by atoms with van der Waals surface area (Å²) in [5.41, 5.74) is 7.80. The van der Waals surface area contributed by atoms with Crippen molar-refractivity contribution in [2.24, 2.45) is 10.7 Å². The third-order valence-electron chi connectivity index (χ3n) is 4.39. The molecule has 1 heterocycles. The minimum Gasteiger partial charge on any atom is -0.493 e.